The molecule has 0 unspecified atom stereocenters. The zero-order chi connectivity index (χ0) is 13.4. The monoisotopic (exact) mass is 270 g/mol. The first-order valence-corrected chi connectivity index (χ1v) is 6.32. The van der Waals surface area contributed by atoms with Crippen LogP contribution in [0.25, 0.3) is 22.3 Å². The summed E-state index contributed by atoms with van der Waals surface area (Å²) in [4.78, 5) is 7.46. The molecule has 0 saturated heterocycles. The van der Waals surface area contributed by atoms with E-state index in [2.05, 4.69) is 9.97 Å². The molecule has 0 atom stereocenters. The van der Waals surface area contributed by atoms with E-state index in [0.717, 1.165) is 11.1 Å². The van der Waals surface area contributed by atoms with Gasteiger partial charge in [-0.15, -0.1) is 0 Å². The van der Waals surface area contributed by atoms with Crippen LogP contribution in [0.3, 0.4) is 0 Å². The van der Waals surface area contributed by atoms with Gasteiger partial charge in [0.2, 0.25) is 0 Å². The Bertz CT molecular complexity index is 824. The Morgan fingerprint density at radius 3 is 2.68 bits per heavy atom. The molecule has 0 aliphatic carbocycles. The van der Waals surface area contributed by atoms with Crippen molar-refractivity contribution in [1.29, 1.82) is 0 Å². The number of fused-ring (bicyclic) bond motifs is 1. The topological polar surface area (TPSA) is 28.7 Å². The fourth-order valence-electron chi connectivity index (χ4n) is 2.12. The van der Waals surface area contributed by atoms with Crippen molar-refractivity contribution in [2.75, 3.05) is 0 Å². The smallest absolute Gasteiger partial charge is 0.140 e. The van der Waals surface area contributed by atoms with E-state index in [9.17, 15) is 4.39 Å². The second-order valence-electron chi connectivity index (χ2n) is 4.37. The normalized spacial score (nSPS) is 10.8. The van der Waals surface area contributed by atoms with Crippen molar-refractivity contribution >= 4 is 23.1 Å². The number of H-pyrrole nitrogens is 1. The molecule has 1 aromatic heterocycles. The Kier molecular flexibility index (Phi) is 2.87. The molecule has 19 heavy (non-hydrogen) atoms. The van der Waals surface area contributed by atoms with Crippen LogP contribution in [0.2, 0.25) is 0 Å². The van der Waals surface area contributed by atoms with E-state index >= 15 is 0 Å². The number of aryl methyl sites for hydroxylation is 1. The zero-order valence-electron chi connectivity index (χ0n) is 10.3. The van der Waals surface area contributed by atoms with E-state index in [-0.39, 0.29) is 10.5 Å². The van der Waals surface area contributed by atoms with Gasteiger partial charge in [-0.05, 0) is 24.6 Å². The number of aromatic nitrogens is 2. The molecule has 1 heterocycles. The SMILES string of the molecule is Cc1ccccc1-c1nc(=S)c2c(F)cccc2[nH]1. The molecule has 0 aliphatic rings. The standard InChI is InChI=1S/C15H11FN2S/c1-9-5-2-3-6-10(9)14-17-12-8-4-7-11(16)13(12)15(19)18-14/h2-8H,1H3,(H,17,18,19). The number of nitrogens with one attached hydrogen (secondary N) is 1. The molecule has 3 rings (SSSR count). The molecule has 0 spiro atoms. The Balaban J connectivity index is 2.34. The van der Waals surface area contributed by atoms with Gasteiger partial charge in [-0.3, -0.25) is 0 Å². The van der Waals surface area contributed by atoms with E-state index < -0.39 is 0 Å². The van der Waals surface area contributed by atoms with Gasteiger partial charge in [0.1, 0.15) is 16.3 Å². The molecule has 0 bridgehead atoms. The van der Waals surface area contributed by atoms with Crippen LogP contribution >= 0.6 is 12.2 Å². The van der Waals surface area contributed by atoms with Crippen LogP contribution in [0, 0.1) is 17.4 Å². The first-order valence-electron chi connectivity index (χ1n) is 5.91. The Morgan fingerprint density at radius 1 is 1.11 bits per heavy atom. The fourth-order valence-corrected chi connectivity index (χ4v) is 2.42. The van der Waals surface area contributed by atoms with Gasteiger partial charge in [-0.25, -0.2) is 9.37 Å². The molecule has 2 aromatic carbocycles. The van der Waals surface area contributed by atoms with Crippen LogP contribution in [0.15, 0.2) is 42.5 Å². The van der Waals surface area contributed by atoms with Crippen molar-refractivity contribution in [2.24, 2.45) is 0 Å². The highest BCUT2D eigenvalue weighted by atomic mass is 32.1. The third-order valence-corrected chi connectivity index (χ3v) is 3.39. The quantitative estimate of drug-likeness (QED) is 0.664. The zero-order valence-corrected chi connectivity index (χ0v) is 11.1. The van der Waals surface area contributed by atoms with Crippen LogP contribution < -0.4 is 0 Å². The minimum atomic E-state index is -0.345. The van der Waals surface area contributed by atoms with Crippen molar-refractivity contribution in [2.45, 2.75) is 6.92 Å². The minimum Gasteiger partial charge on any atom is -0.339 e. The van der Waals surface area contributed by atoms with Gasteiger partial charge < -0.3 is 4.98 Å². The molecular formula is C15H11FN2S. The Labute approximate surface area is 114 Å². The molecule has 1 N–H and O–H groups in total. The molecule has 4 heteroatoms. The minimum absolute atomic E-state index is 0.283. The predicted molar refractivity (Wildman–Crippen MR) is 77.1 cm³/mol. The number of hydrogen-bond donors (Lipinski definition) is 1. The highest BCUT2D eigenvalue weighted by molar-refractivity contribution is 7.71. The average Bonchev–Trinajstić information content (AvgIpc) is 2.39. The molecule has 2 nitrogen and oxygen atoms in total. The molecule has 0 aliphatic heterocycles. The maximum atomic E-state index is 13.7. The summed E-state index contributed by atoms with van der Waals surface area (Å²) < 4.78 is 14.0. The van der Waals surface area contributed by atoms with E-state index in [1.165, 1.54) is 6.07 Å². The van der Waals surface area contributed by atoms with E-state index in [0.29, 0.717) is 16.7 Å². The van der Waals surface area contributed by atoms with Gasteiger partial charge in [-0.2, -0.15) is 0 Å². The highest BCUT2D eigenvalue weighted by Crippen LogP contribution is 2.23. The molecule has 94 valence electrons. The summed E-state index contributed by atoms with van der Waals surface area (Å²) in [5, 5.41) is 0.370. The summed E-state index contributed by atoms with van der Waals surface area (Å²) in [5.74, 6) is 0.323. The summed E-state index contributed by atoms with van der Waals surface area (Å²) in [6, 6.07) is 12.7. The first-order chi connectivity index (χ1) is 9.16. The molecule has 0 fully saturated rings. The van der Waals surface area contributed by atoms with Crippen LogP contribution in [0.1, 0.15) is 5.56 Å². The summed E-state index contributed by atoms with van der Waals surface area (Å²) in [5.41, 5.74) is 2.73. The van der Waals surface area contributed by atoms with Gasteiger partial charge in [0.25, 0.3) is 0 Å². The summed E-state index contributed by atoms with van der Waals surface area (Å²) in [6.07, 6.45) is 0. The van der Waals surface area contributed by atoms with Crippen molar-refractivity contribution in [3.05, 3.63) is 58.5 Å². The lowest BCUT2D eigenvalue weighted by atomic mass is 10.1. The van der Waals surface area contributed by atoms with E-state index in [4.69, 9.17) is 12.2 Å². The van der Waals surface area contributed by atoms with Gasteiger partial charge in [-0.1, -0.05) is 42.5 Å². The number of hydrogen-bond acceptors (Lipinski definition) is 2. The molecule has 3 aromatic rings. The second-order valence-corrected chi connectivity index (χ2v) is 4.75. The molecule has 0 radical (unpaired) electrons. The third kappa shape index (κ3) is 2.04. The summed E-state index contributed by atoms with van der Waals surface area (Å²) >= 11 is 5.20. The van der Waals surface area contributed by atoms with Gasteiger partial charge >= 0.3 is 0 Å². The Morgan fingerprint density at radius 2 is 1.89 bits per heavy atom. The fraction of sp³-hybridized carbons (Fsp3) is 0.0667. The highest BCUT2D eigenvalue weighted by Gasteiger charge is 2.08. The summed E-state index contributed by atoms with van der Waals surface area (Å²) in [7, 11) is 0. The number of benzene rings is 2. The maximum Gasteiger partial charge on any atom is 0.140 e. The first kappa shape index (κ1) is 12.0. The predicted octanol–water partition coefficient (Wildman–Crippen LogP) is 4.41. The maximum absolute atomic E-state index is 13.7. The molecule has 0 amide bonds. The van der Waals surface area contributed by atoms with Gasteiger partial charge in [0, 0.05) is 5.56 Å². The van der Waals surface area contributed by atoms with Crippen LogP contribution in [0.4, 0.5) is 4.39 Å². The largest absolute Gasteiger partial charge is 0.339 e. The van der Waals surface area contributed by atoms with Crippen molar-refractivity contribution in [1.82, 2.24) is 9.97 Å². The van der Waals surface area contributed by atoms with Crippen LogP contribution in [-0.4, -0.2) is 9.97 Å². The van der Waals surface area contributed by atoms with Gasteiger partial charge in [0.15, 0.2) is 0 Å². The van der Waals surface area contributed by atoms with Crippen molar-refractivity contribution in [3.8, 4) is 11.4 Å². The van der Waals surface area contributed by atoms with Crippen LogP contribution in [0.5, 0.6) is 0 Å². The van der Waals surface area contributed by atoms with Gasteiger partial charge in [0.05, 0.1) is 10.9 Å². The summed E-state index contributed by atoms with van der Waals surface area (Å²) in [6.45, 7) is 2.00. The molecular weight excluding hydrogens is 259 g/mol. The van der Waals surface area contributed by atoms with Crippen molar-refractivity contribution in [3.63, 3.8) is 0 Å². The van der Waals surface area contributed by atoms with E-state index in [1.807, 2.05) is 31.2 Å². The lowest BCUT2D eigenvalue weighted by Crippen LogP contribution is -1.94. The average molecular weight is 270 g/mol. The Hall–Kier alpha value is -2.07. The molecule has 0 saturated carbocycles. The lowest BCUT2D eigenvalue weighted by molar-refractivity contribution is 0.639. The van der Waals surface area contributed by atoms with E-state index in [1.54, 1.807) is 12.1 Å². The number of nitrogens with zero attached hydrogens (tertiary/aromatic N) is 1. The number of rotatable bonds is 1. The van der Waals surface area contributed by atoms with Crippen LogP contribution in [-0.2, 0) is 0 Å². The third-order valence-electron chi connectivity index (χ3n) is 3.09. The lowest BCUT2D eigenvalue weighted by Gasteiger charge is -2.07. The van der Waals surface area contributed by atoms with Crippen molar-refractivity contribution < 1.29 is 4.39 Å². The number of halogens is 1. The number of aromatic amines is 1. The second kappa shape index (κ2) is 4.55.